The Hall–Kier alpha value is -2.51. The summed E-state index contributed by atoms with van der Waals surface area (Å²) in [5.74, 6) is 1.70. The molecule has 1 aromatic carbocycles. The molecule has 174 valence electrons. The van der Waals surface area contributed by atoms with Crippen LogP contribution in [0.5, 0.6) is 11.5 Å². The first-order valence-corrected chi connectivity index (χ1v) is 11.6. The maximum absolute atomic E-state index is 11.4. The SMILES string of the molecule is CCOc1cc(CN(c2ccc(NC(C)=O)nc2C)C2CCNCC2)cc(OCC)c1Cl. The fourth-order valence-corrected chi connectivity index (χ4v) is 4.29. The lowest BCUT2D eigenvalue weighted by Crippen LogP contribution is -2.43. The summed E-state index contributed by atoms with van der Waals surface area (Å²) in [4.78, 5) is 18.4. The molecule has 1 amide bonds. The molecular formula is C24H33ClN4O3. The summed E-state index contributed by atoms with van der Waals surface area (Å²) >= 11 is 6.51. The van der Waals surface area contributed by atoms with Gasteiger partial charge < -0.3 is 25.0 Å². The zero-order chi connectivity index (χ0) is 23.1. The molecule has 1 aliphatic heterocycles. The van der Waals surface area contributed by atoms with Gasteiger partial charge in [0.25, 0.3) is 0 Å². The molecule has 1 aromatic heterocycles. The van der Waals surface area contributed by atoms with Gasteiger partial charge in [-0.3, -0.25) is 4.79 Å². The Kier molecular flexibility index (Phi) is 8.59. The Bertz CT molecular complexity index is 904. The van der Waals surface area contributed by atoms with Gasteiger partial charge in [-0.15, -0.1) is 0 Å². The van der Waals surface area contributed by atoms with E-state index < -0.39 is 0 Å². The van der Waals surface area contributed by atoms with Crippen molar-refractivity contribution in [1.82, 2.24) is 10.3 Å². The number of amides is 1. The second kappa shape index (κ2) is 11.4. The van der Waals surface area contributed by atoms with E-state index in [-0.39, 0.29) is 5.91 Å². The number of carbonyl (C=O) groups is 1. The number of pyridine rings is 1. The lowest BCUT2D eigenvalue weighted by molar-refractivity contribution is -0.114. The van der Waals surface area contributed by atoms with Crippen molar-refractivity contribution in [1.29, 1.82) is 0 Å². The number of anilines is 2. The summed E-state index contributed by atoms with van der Waals surface area (Å²) in [6, 6.07) is 8.26. The number of halogens is 1. The highest BCUT2D eigenvalue weighted by molar-refractivity contribution is 6.33. The van der Waals surface area contributed by atoms with Crippen molar-refractivity contribution in [2.24, 2.45) is 0 Å². The summed E-state index contributed by atoms with van der Waals surface area (Å²) in [7, 11) is 0. The Morgan fingerprint density at radius 3 is 2.34 bits per heavy atom. The van der Waals surface area contributed by atoms with Crippen LogP contribution in [0.15, 0.2) is 24.3 Å². The number of hydrogen-bond acceptors (Lipinski definition) is 6. The minimum Gasteiger partial charge on any atom is -0.492 e. The van der Waals surface area contributed by atoms with Crippen molar-refractivity contribution in [2.75, 3.05) is 36.5 Å². The smallest absolute Gasteiger partial charge is 0.222 e. The molecular weight excluding hydrogens is 428 g/mol. The lowest BCUT2D eigenvalue weighted by Gasteiger charge is -2.37. The molecule has 8 heteroatoms. The van der Waals surface area contributed by atoms with Crippen LogP contribution in [0, 0.1) is 6.92 Å². The number of nitrogens with zero attached hydrogens (tertiary/aromatic N) is 2. The third-order valence-electron chi connectivity index (χ3n) is 5.44. The average Bonchev–Trinajstić information content (AvgIpc) is 2.76. The second-order valence-electron chi connectivity index (χ2n) is 7.86. The van der Waals surface area contributed by atoms with Crippen molar-refractivity contribution in [3.8, 4) is 11.5 Å². The Labute approximate surface area is 195 Å². The minimum absolute atomic E-state index is 0.132. The third kappa shape index (κ3) is 6.04. The standard InChI is InChI=1S/C24H33ClN4O3/c1-5-31-21-13-18(14-22(24(21)25)32-6-2)15-29(19-9-11-26-12-10-19)20-7-8-23(27-16(20)3)28-17(4)30/h7-8,13-14,19,26H,5-6,9-12,15H2,1-4H3,(H,27,28,30). The molecule has 1 aliphatic rings. The summed E-state index contributed by atoms with van der Waals surface area (Å²) < 4.78 is 11.6. The van der Waals surface area contributed by atoms with E-state index in [1.165, 1.54) is 6.92 Å². The van der Waals surface area contributed by atoms with Crippen molar-refractivity contribution in [3.63, 3.8) is 0 Å². The highest BCUT2D eigenvalue weighted by atomic mass is 35.5. The summed E-state index contributed by atoms with van der Waals surface area (Å²) in [5.41, 5.74) is 2.99. The van der Waals surface area contributed by atoms with Crippen LogP contribution in [0.1, 0.15) is 44.9 Å². The number of rotatable bonds is 9. The molecule has 2 heterocycles. The predicted octanol–water partition coefficient (Wildman–Crippen LogP) is 4.56. The molecule has 0 saturated carbocycles. The van der Waals surface area contributed by atoms with Crippen LogP contribution >= 0.6 is 11.6 Å². The molecule has 0 unspecified atom stereocenters. The fraction of sp³-hybridized carbons (Fsp3) is 0.500. The minimum atomic E-state index is -0.132. The number of nitrogens with one attached hydrogen (secondary N) is 2. The molecule has 0 aliphatic carbocycles. The fourth-order valence-electron chi connectivity index (χ4n) is 4.07. The summed E-state index contributed by atoms with van der Waals surface area (Å²) in [6.07, 6.45) is 2.08. The maximum Gasteiger partial charge on any atom is 0.222 e. The number of aryl methyl sites for hydroxylation is 1. The average molecular weight is 461 g/mol. The summed E-state index contributed by atoms with van der Waals surface area (Å²) in [6.45, 7) is 11.0. The van der Waals surface area contributed by atoms with Gasteiger partial charge in [0.15, 0.2) is 0 Å². The van der Waals surface area contributed by atoms with E-state index in [4.69, 9.17) is 21.1 Å². The van der Waals surface area contributed by atoms with Gasteiger partial charge in [-0.2, -0.15) is 0 Å². The second-order valence-corrected chi connectivity index (χ2v) is 8.24. The van der Waals surface area contributed by atoms with E-state index in [9.17, 15) is 4.79 Å². The highest BCUT2D eigenvalue weighted by Gasteiger charge is 2.24. The van der Waals surface area contributed by atoms with Crippen LogP contribution < -0.4 is 25.0 Å². The van der Waals surface area contributed by atoms with Crippen molar-refractivity contribution >= 4 is 29.0 Å². The number of aromatic nitrogens is 1. The van der Waals surface area contributed by atoms with Crippen LogP contribution in [-0.4, -0.2) is 43.2 Å². The first kappa shape index (κ1) is 24.1. The van der Waals surface area contributed by atoms with Crippen molar-refractivity contribution in [3.05, 3.63) is 40.5 Å². The van der Waals surface area contributed by atoms with Crippen LogP contribution in [-0.2, 0) is 11.3 Å². The number of carbonyl (C=O) groups excluding carboxylic acids is 1. The molecule has 2 aromatic rings. The molecule has 0 atom stereocenters. The van der Waals surface area contributed by atoms with Crippen LogP contribution in [0.4, 0.5) is 11.5 Å². The van der Waals surface area contributed by atoms with Crippen molar-refractivity contribution in [2.45, 2.75) is 53.1 Å². The highest BCUT2D eigenvalue weighted by Crippen LogP contribution is 2.37. The van der Waals surface area contributed by atoms with E-state index in [1.54, 1.807) is 0 Å². The third-order valence-corrected chi connectivity index (χ3v) is 5.81. The van der Waals surface area contributed by atoms with Gasteiger partial charge in [-0.05, 0) is 76.5 Å². The van der Waals surface area contributed by atoms with E-state index in [0.29, 0.717) is 48.1 Å². The van der Waals surface area contributed by atoms with Gasteiger partial charge in [0.05, 0.1) is 24.6 Å². The Morgan fingerprint density at radius 2 is 1.81 bits per heavy atom. The van der Waals surface area contributed by atoms with Gasteiger partial charge in [-0.25, -0.2) is 4.98 Å². The lowest BCUT2D eigenvalue weighted by atomic mass is 10.0. The predicted molar refractivity (Wildman–Crippen MR) is 129 cm³/mol. The van der Waals surface area contributed by atoms with Gasteiger partial charge in [0, 0.05) is 19.5 Å². The van der Waals surface area contributed by atoms with E-state index in [0.717, 1.165) is 42.9 Å². The topological polar surface area (TPSA) is 75.7 Å². The molecule has 0 bridgehead atoms. The van der Waals surface area contributed by atoms with E-state index in [1.807, 2.05) is 45.0 Å². The van der Waals surface area contributed by atoms with Crippen LogP contribution in [0.25, 0.3) is 0 Å². The largest absolute Gasteiger partial charge is 0.492 e. The summed E-state index contributed by atoms with van der Waals surface area (Å²) in [5, 5.41) is 6.71. The Morgan fingerprint density at radius 1 is 1.19 bits per heavy atom. The quantitative estimate of drug-likeness (QED) is 0.571. The molecule has 0 spiro atoms. The van der Waals surface area contributed by atoms with Crippen LogP contribution in [0.2, 0.25) is 5.02 Å². The van der Waals surface area contributed by atoms with Gasteiger partial charge in [0.1, 0.15) is 22.3 Å². The van der Waals surface area contributed by atoms with Crippen molar-refractivity contribution < 1.29 is 14.3 Å². The van der Waals surface area contributed by atoms with E-state index >= 15 is 0 Å². The maximum atomic E-state index is 11.4. The van der Waals surface area contributed by atoms with Crippen LogP contribution in [0.3, 0.4) is 0 Å². The number of hydrogen-bond donors (Lipinski definition) is 2. The first-order chi connectivity index (χ1) is 15.4. The molecule has 3 rings (SSSR count). The Balaban J connectivity index is 1.98. The molecule has 7 nitrogen and oxygen atoms in total. The normalized spacial score (nSPS) is 14.2. The van der Waals surface area contributed by atoms with E-state index in [2.05, 4.69) is 20.5 Å². The number of piperidine rings is 1. The number of ether oxygens (including phenoxy) is 2. The van der Waals surface area contributed by atoms with Gasteiger partial charge in [0.2, 0.25) is 5.91 Å². The first-order valence-electron chi connectivity index (χ1n) is 11.2. The molecule has 0 radical (unpaired) electrons. The molecule has 1 fully saturated rings. The van der Waals surface area contributed by atoms with Gasteiger partial charge in [-0.1, -0.05) is 11.6 Å². The monoisotopic (exact) mass is 460 g/mol. The molecule has 32 heavy (non-hydrogen) atoms. The zero-order valence-corrected chi connectivity index (χ0v) is 20.1. The number of benzene rings is 1. The van der Waals surface area contributed by atoms with Gasteiger partial charge >= 0.3 is 0 Å². The molecule has 1 saturated heterocycles. The zero-order valence-electron chi connectivity index (χ0n) is 19.3. The molecule has 2 N–H and O–H groups in total.